The first-order chi connectivity index (χ1) is 9.93. The second-order valence-electron chi connectivity index (χ2n) is 4.99. The Morgan fingerprint density at radius 2 is 2.05 bits per heavy atom. The molecule has 0 bridgehead atoms. The van der Waals surface area contributed by atoms with Crippen LogP contribution in [0.3, 0.4) is 0 Å². The van der Waals surface area contributed by atoms with E-state index in [1.165, 1.54) is 4.90 Å². The van der Waals surface area contributed by atoms with Gasteiger partial charge in [-0.1, -0.05) is 19.4 Å². The Morgan fingerprint density at radius 3 is 2.64 bits per heavy atom. The van der Waals surface area contributed by atoms with Crippen LogP contribution < -0.4 is 15.8 Å². The maximum atomic E-state index is 11.8. The van der Waals surface area contributed by atoms with Crippen molar-refractivity contribution < 1.29 is 14.3 Å². The maximum Gasteiger partial charge on any atom is 0.259 e. The minimum atomic E-state index is -0.519. The molecule has 1 aromatic carbocycles. The summed E-state index contributed by atoms with van der Waals surface area (Å²) < 4.78 is 5.39. The molecule has 0 heterocycles. The van der Waals surface area contributed by atoms with E-state index in [2.05, 4.69) is 5.32 Å². The van der Waals surface area contributed by atoms with E-state index in [1.807, 2.05) is 6.92 Å². The standard InChI is InChI=1S/C15H23N3O3.ClH/c1-4-6-13(16)15(20)17-11-7-5-8-12(9-11)21-10-14(19)18(2)3;/h5,7-9,13H,4,6,10,16H2,1-3H3,(H,17,20);1H. The molecule has 0 saturated heterocycles. The summed E-state index contributed by atoms with van der Waals surface area (Å²) in [5.74, 6) is 0.167. The van der Waals surface area contributed by atoms with Gasteiger partial charge in [0.25, 0.3) is 5.91 Å². The minimum absolute atomic E-state index is 0. The number of rotatable bonds is 7. The van der Waals surface area contributed by atoms with Crippen molar-refractivity contribution in [2.75, 3.05) is 26.0 Å². The fraction of sp³-hybridized carbons (Fsp3) is 0.467. The topological polar surface area (TPSA) is 84.7 Å². The van der Waals surface area contributed by atoms with Crippen LogP contribution in [0.4, 0.5) is 5.69 Å². The number of hydrogen-bond acceptors (Lipinski definition) is 4. The van der Waals surface area contributed by atoms with Crippen molar-refractivity contribution in [3.05, 3.63) is 24.3 Å². The number of ether oxygens (including phenoxy) is 1. The molecule has 22 heavy (non-hydrogen) atoms. The molecule has 1 rings (SSSR count). The van der Waals surface area contributed by atoms with Crippen LogP contribution in [0.2, 0.25) is 0 Å². The van der Waals surface area contributed by atoms with Crippen LogP contribution >= 0.6 is 12.4 Å². The van der Waals surface area contributed by atoms with E-state index in [0.29, 0.717) is 17.9 Å². The first kappa shape index (κ1) is 20.2. The van der Waals surface area contributed by atoms with Crippen LogP contribution in [0, 0.1) is 0 Å². The molecule has 1 aromatic rings. The molecule has 0 aliphatic carbocycles. The molecule has 1 unspecified atom stereocenters. The average molecular weight is 330 g/mol. The minimum Gasteiger partial charge on any atom is -0.484 e. The van der Waals surface area contributed by atoms with Crippen LogP contribution in [0.15, 0.2) is 24.3 Å². The van der Waals surface area contributed by atoms with Crippen LogP contribution in [0.25, 0.3) is 0 Å². The van der Waals surface area contributed by atoms with E-state index in [0.717, 1.165) is 6.42 Å². The highest BCUT2D eigenvalue weighted by molar-refractivity contribution is 5.94. The molecular weight excluding hydrogens is 306 g/mol. The van der Waals surface area contributed by atoms with E-state index < -0.39 is 6.04 Å². The van der Waals surface area contributed by atoms with Gasteiger partial charge in [-0.05, 0) is 18.6 Å². The predicted molar refractivity (Wildman–Crippen MR) is 89.4 cm³/mol. The summed E-state index contributed by atoms with van der Waals surface area (Å²) in [6.45, 7) is 1.93. The zero-order chi connectivity index (χ0) is 15.8. The molecule has 1 atom stereocenters. The third kappa shape index (κ3) is 6.78. The van der Waals surface area contributed by atoms with Gasteiger partial charge in [0.05, 0.1) is 6.04 Å². The first-order valence-electron chi connectivity index (χ1n) is 6.93. The lowest BCUT2D eigenvalue weighted by Gasteiger charge is -2.13. The Morgan fingerprint density at radius 1 is 1.36 bits per heavy atom. The largest absolute Gasteiger partial charge is 0.484 e. The fourth-order valence-electron chi connectivity index (χ4n) is 1.61. The number of nitrogens with one attached hydrogen (secondary N) is 1. The molecule has 124 valence electrons. The van der Waals surface area contributed by atoms with E-state index in [9.17, 15) is 9.59 Å². The van der Waals surface area contributed by atoms with Crippen LogP contribution in [0.5, 0.6) is 5.75 Å². The van der Waals surface area contributed by atoms with Gasteiger partial charge in [-0.15, -0.1) is 12.4 Å². The normalized spacial score (nSPS) is 11.1. The Balaban J connectivity index is 0.00000441. The molecule has 0 aliphatic rings. The summed E-state index contributed by atoms with van der Waals surface area (Å²) in [5.41, 5.74) is 6.35. The lowest BCUT2D eigenvalue weighted by Crippen LogP contribution is -2.35. The Bertz CT molecular complexity index is 495. The van der Waals surface area contributed by atoms with Crippen molar-refractivity contribution >= 4 is 29.9 Å². The molecule has 7 heteroatoms. The molecule has 6 nitrogen and oxygen atoms in total. The van der Waals surface area contributed by atoms with E-state index in [-0.39, 0.29) is 30.8 Å². The van der Waals surface area contributed by atoms with E-state index in [4.69, 9.17) is 10.5 Å². The second kappa shape index (κ2) is 10.0. The van der Waals surface area contributed by atoms with Gasteiger partial charge < -0.3 is 20.7 Å². The van der Waals surface area contributed by atoms with Gasteiger partial charge in [-0.3, -0.25) is 9.59 Å². The van der Waals surface area contributed by atoms with E-state index >= 15 is 0 Å². The predicted octanol–water partition coefficient (Wildman–Crippen LogP) is 1.64. The highest BCUT2D eigenvalue weighted by Gasteiger charge is 2.12. The molecule has 0 spiro atoms. The zero-order valence-electron chi connectivity index (χ0n) is 13.2. The maximum absolute atomic E-state index is 11.8. The Labute approximate surface area is 137 Å². The highest BCUT2D eigenvalue weighted by atomic mass is 35.5. The molecular formula is C15H24ClN3O3. The van der Waals surface area contributed by atoms with Crippen LogP contribution in [-0.4, -0.2) is 43.5 Å². The van der Waals surface area contributed by atoms with E-state index in [1.54, 1.807) is 38.4 Å². The number of amides is 2. The fourth-order valence-corrected chi connectivity index (χ4v) is 1.61. The number of nitrogens with two attached hydrogens (primary N) is 1. The van der Waals surface area contributed by atoms with Gasteiger partial charge in [0.15, 0.2) is 6.61 Å². The lowest BCUT2D eigenvalue weighted by atomic mass is 10.1. The third-order valence-corrected chi connectivity index (χ3v) is 2.90. The number of nitrogens with zero attached hydrogens (tertiary/aromatic N) is 1. The average Bonchev–Trinajstić information content (AvgIpc) is 2.45. The SMILES string of the molecule is CCCC(N)C(=O)Nc1cccc(OCC(=O)N(C)C)c1.Cl. The van der Waals surface area contributed by atoms with Gasteiger partial charge >= 0.3 is 0 Å². The molecule has 0 radical (unpaired) electrons. The number of likely N-dealkylation sites (N-methyl/N-ethyl adjacent to an activating group) is 1. The van der Waals surface area contributed by atoms with Crippen molar-refractivity contribution in [2.45, 2.75) is 25.8 Å². The quantitative estimate of drug-likeness (QED) is 0.796. The summed E-state index contributed by atoms with van der Waals surface area (Å²) in [7, 11) is 3.33. The first-order valence-corrected chi connectivity index (χ1v) is 6.93. The van der Waals surface area contributed by atoms with Crippen molar-refractivity contribution in [3.63, 3.8) is 0 Å². The van der Waals surface area contributed by atoms with Crippen molar-refractivity contribution in [1.29, 1.82) is 0 Å². The van der Waals surface area contributed by atoms with Crippen molar-refractivity contribution in [3.8, 4) is 5.75 Å². The summed E-state index contributed by atoms with van der Waals surface area (Å²) in [4.78, 5) is 24.7. The van der Waals surface area contributed by atoms with Gasteiger partial charge in [0.2, 0.25) is 5.91 Å². The number of carbonyl (C=O) groups is 2. The lowest BCUT2D eigenvalue weighted by molar-refractivity contribution is -0.130. The molecule has 3 N–H and O–H groups in total. The Kier molecular flexibility index (Phi) is 9.21. The van der Waals surface area contributed by atoms with Gasteiger partial charge in [0, 0.05) is 25.8 Å². The number of anilines is 1. The van der Waals surface area contributed by atoms with Crippen LogP contribution in [0.1, 0.15) is 19.8 Å². The monoisotopic (exact) mass is 329 g/mol. The summed E-state index contributed by atoms with van der Waals surface area (Å²) >= 11 is 0. The second-order valence-corrected chi connectivity index (χ2v) is 4.99. The number of hydrogen-bond donors (Lipinski definition) is 2. The molecule has 0 aromatic heterocycles. The Hall–Kier alpha value is -1.79. The molecule has 0 fully saturated rings. The summed E-state index contributed by atoms with van der Waals surface area (Å²) in [6.07, 6.45) is 1.49. The smallest absolute Gasteiger partial charge is 0.259 e. The number of benzene rings is 1. The zero-order valence-corrected chi connectivity index (χ0v) is 14.0. The third-order valence-electron chi connectivity index (χ3n) is 2.90. The van der Waals surface area contributed by atoms with Crippen LogP contribution in [-0.2, 0) is 9.59 Å². The highest BCUT2D eigenvalue weighted by Crippen LogP contribution is 2.17. The molecule has 0 saturated carbocycles. The van der Waals surface area contributed by atoms with Crippen molar-refractivity contribution in [1.82, 2.24) is 4.90 Å². The molecule has 2 amide bonds. The number of halogens is 1. The summed E-state index contributed by atoms with van der Waals surface area (Å²) in [6, 6.07) is 6.37. The van der Waals surface area contributed by atoms with Gasteiger partial charge in [-0.2, -0.15) is 0 Å². The van der Waals surface area contributed by atoms with Gasteiger partial charge in [0.1, 0.15) is 5.75 Å². The molecule has 0 aliphatic heterocycles. The number of carbonyl (C=O) groups excluding carboxylic acids is 2. The summed E-state index contributed by atoms with van der Waals surface area (Å²) in [5, 5.41) is 2.74. The van der Waals surface area contributed by atoms with Crippen molar-refractivity contribution in [2.24, 2.45) is 5.73 Å². The van der Waals surface area contributed by atoms with Gasteiger partial charge in [-0.25, -0.2) is 0 Å².